The zero-order chi connectivity index (χ0) is 24.2. The van der Waals surface area contributed by atoms with Gasteiger partial charge < -0.3 is 19.7 Å². The summed E-state index contributed by atoms with van der Waals surface area (Å²) in [6.45, 7) is 2.15. The Hall–Kier alpha value is -4.40. The lowest BCUT2D eigenvalue weighted by Gasteiger charge is -2.19. The maximum Gasteiger partial charge on any atom is 0.273 e. The summed E-state index contributed by atoms with van der Waals surface area (Å²) >= 11 is 0. The normalized spacial score (nSPS) is 15.2. The third-order valence-electron chi connectivity index (χ3n) is 5.54. The van der Waals surface area contributed by atoms with Crippen molar-refractivity contribution >= 4 is 28.9 Å². The SMILES string of the molecule is COc1cc([N+](=O)[O-])ccc1N1C[C@H](C(=O)Nc2ccc(Oc3ccc(C)cc3)cc2)CC1=O. The summed E-state index contributed by atoms with van der Waals surface area (Å²) in [5, 5.41) is 13.8. The Morgan fingerprint density at radius 1 is 1.06 bits per heavy atom. The van der Waals surface area contributed by atoms with Gasteiger partial charge >= 0.3 is 0 Å². The first-order chi connectivity index (χ1) is 16.3. The van der Waals surface area contributed by atoms with E-state index >= 15 is 0 Å². The lowest BCUT2D eigenvalue weighted by molar-refractivity contribution is -0.384. The van der Waals surface area contributed by atoms with E-state index in [0.29, 0.717) is 22.9 Å². The maximum absolute atomic E-state index is 12.8. The van der Waals surface area contributed by atoms with Crippen LogP contribution in [0, 0.1) is 23.0 Å². The van der Waals surface area contributed by atoms with Crippen LogP contribution in [0.3, 0.4) is 0 Å². The Kier molecular flexibility index (Phi) is 6.44. The summed E-state index contributed by atoms with van der Waals surface area (Å²) in [5.74, 6) is 0.435. The minimum absolute atomic E-state index is 0.0284. The first-order valence-electron chi connectivity index (χ1n) is 10.6. The van der Waals surface area contributed by atoms with Crippen LogP contribution < -0.4 is 19.7 Å². The summed E-state index contributed by atoms with van der Waals surface area (Å²) in [7, 11) is 1.37. The number of hydrogen-bond acceptors (Lipinski definition) is 6. The molecule has 1 heterocycles. The molecule has 1 saturated heterocycles. The van der Waals surface area contributed by atoms with Gasteiger partial charge in [0.25, 0.3) is 5.69 Å². The van der Waals surface area contributed by atoms with Crippen molar-refractivity contribution in [3.63, 3.8) is 0 Å². The van der Waals surface area contributed by atoms with E-state index in [1.54, 1.807) is 24.3 Å². The molecule has 4 rings (SSSR count). The number of non-ortho nitro benzene ring substituents is 1. The van der Waals surface area contributed by atoms with Crippen molar-refractivity contribution in [2.75, 3.05) is 23.9 Å². The fraction of sp³-hybridized carbons (Fsp3) is 0.200. The molecule has 0 bridgehead atoms. The number of ether oxygens (including phenoxy) is 2. The van der Waals surface area contributed by atoms with E-state index < -0.39 is 10.8 Å². The van der Waals surface area contributed by atoms with Gasteiger partial charge in [-0.05, 0) is 49.4 Å². The van der Waals surface area contributed by atoms with Gasteiger partial charge in [0.2, 0.25) is 11.8 Å². The van der Waals surface area contributed by atoms with Crippen LogP contribution in [0.4, 0.5) is 17.1 Å². The van der Waals surface area contributed by atoms with Gasteiger partial charge in [-0.25, -0.2) is 0 Å². The Labute approximate surface area is 196 Å². The van der Waals surface area contributed by atoms with E-state index in [2.05, 4.69) is 5.32 Å². The summed E-state index contributed by atoms with van der Waals surface area (Å²) in [5.41, 5.74) is 1.98. The number of methoxy groups -OCH3 is 1. The van der Waals surface area contributed by atoms with Crippen LogP contribution >= 0.6 is 0 Å². The predicted molar refractivity (Wildman–Crippen MR) is 126 cm³/mol. The van der Waals surface area contributed by atoms with E-state index in [1.807, 2.05) is 31.2 Å². The Balaban J connectivity index is 1.40. The van der Waals surface area contributed by atoms with Crippen molar-refractivity contribution in [2.45, 2.75) is 13.3 Å². The summed E-state index contributed by atoms with van der Waals surface area (Å²) in [6.07, 6.45) is 0.0284. The van der Waals surface area contributed by atoms with Gasteiger partial charge in [-0.1, -0.05) is 17.7 Å². The number of nitrogens with zero attached hydrogens (tertiary/aromatic N) is 2. The van der Waals surface area contributed by atoms with Crippen LogP contribution in [-0.4, -0.2) is 30.4 Å². The molecule has 1 aliphatic rings. The van der Waals surface area contributed by atoms with Crippen LogP contribution in [0.5, 0.6) is 17.2 Å². The van der Waals surface area contributed by atoms with Crippen molar-refractivity contribution in [1.82, 2.24) is 0 Å². The van der Waals surface area contributed by atoms with Crippen LogP contribution in [0.2, 0.25) is 0 Å². The maximum atomic E-state index is 12.8. The third-order valence-corrected chi connectivity index (χ3v) is 5.54. The van der Waals surface area contributed by atoms with E-state index in [0.717, 1.165) is 5.56 Å². The molecule has 174 valence electrons. The number of nitro groups is 1. The summed E-state index contributed by atoms with van der Waals surface area (Å²) < 4.78 is 11.0. The molecule has 2 amide bonds. The van der Waals surface area contributed by atoms with E-state index in [4.69, 9.17) is 9.47 Å². The summed E-state index contributed by atoms with van der Waals surface area (Å²) in [6, 6.07) is 18.7. The number of nitro benzene ring substituents is 1. The van der Waals surface area contributed by atoms with Gasteiger partial charge in [0.05, 0.1) is 29.7 Å². The lowest BCUT2D eigenvalue weighted by Crippen LogP contribution is -2.28. The number of anilines is 2. The highest BCUT2D eigenvalue weighted by Gasteiger charge is 2.36. The third kappa shape index (κ3) is 4.98. The molecule has 9 heteroatoms. The highest BCUT2D eigenvalue weighted by Crippen LogP contribution is 2.36. The molecule has 0 saturated carbocycles. The van der Waals surface area contributed by atoms with Crippen molar-refractivity contribution in [2.24, 2.45) is 5.92 Å². The standard InChI is InChI=1S/C25H23N3O6/c1-16-3-8-20(9-4-16)34-21-10-5-18(6-11-21)26-25(30)17-13-24(29)27(15-17)22-12-7-19(28(31)32)14-23(22)33-2/h3-12,14,17H,13,15H2,1-2H3,(H,26,30)/t17-/m1/s1. The summed E-state index contributed by atoms with van der Waals surface area (Å²) in [4.78, 5) is 37.3. The molecule has 9 nitrogen and oxygen atoms in total. The monoisotopic (exact) mass is 461 g/mol. The Bertz CT molecular complexity index is 1220. The van der Waals surface area contributed by atoms with Crippen LogP contribution in [-0.2, 0) is 9.59 Å². The Morgan fingerprint density at radius 2 is 1.71 bits per heavy atom. The molecule has 3 aromatic rings. The molecule has 0 aliphatic carbocycles. The van der Waals surface area contributed by atoms with Gasteiger partial charge in [0.15, 0.2) is 0 Å². The minimum Gasteiger partial charge on any atom is -0.494 e. The van der Waals surface area contributed by atoms with Crippen molar-refractivity contribution < 1.29 is 24.0 Å². The number of carbonyl (C=O) groups is 2. The lowest BCUT2D eigenvalue weighted by atomic mass is 10.1. The second kappa shape index (κ2) is 9.62. The van der Waals surface area contributed by atoms with Crippen LogP contribution in [0.15, 0.2) is 66.7 Å². The van der Waals surface area contributed by atoms with E-state index in [1.165, 1.54) is 30.2 Å². The van der Waals surface area contributed by atoms with Crippen molar-refractivity contribution in [3.8, 4) is 17.2 Å². The van der Waals surface area contributed by atoms with Crippen molar-refractivity contribution in [1.29, 1.82) is 0 Å². The first-order valence-corrected chi connectivity index (χ1v) is 10.6. The van der Waals surface area contributed by atoms with Gasteiger partial charge in [0.1, 0.15) is 17.2 Å². The average molecular weight is 461 g/mol. The van der Waals surface area contributed by atoms with Gasteiger partial charge in [-0.2, -0.15) is 0 Å². The molecule has 1 fully saturated rings. The largest absolute Gasteiger partial charge is 0.494 e. The molecule has 0 spiro atoms. The molecule has 0 unspecified atom stereocenters. The zero-order valence-corrected chi connectivity index (χ0v) is 18.7. The minimum atomic E-state index is -0.573. The second-order valence-corrected chi connectivity index (χ2v) is 7.95. The van der Waals surface area contributed by atoms with Gasteiger partial charge in [-0.3, -0.25) is 19.7 Å². The van der Waals surface area contributed by atoms with Crippen molar-refractivity contribution in [3.05, 3.63) is 82.4 Å². The van der Waals surface area contributed by atoms with E-state index in [9.17, 15) is 19.7 Å². The van der Waals surface area contributed by atoms with Crippen LogP contribution in [0.25, 0.3) is 0 Å². The van der Waals surface area contributed by atoms with Gasteiger partial charge in [-0.15, -0.1) is 0 Å². The fourth-order valence-electron chi connectivity index (χ4n) is 3.71. The Morgan fingerprint density at radius 3 is 2.32 bits per heavy atom. The molecule has 1 N–H and O–H groups in total. The molecule has 34 heavy (non-hydrogen) atoms. The number of carbonyl (C=O) groups excluding carboxylic acids is 2. The highest BCUT2D eigenvalue weighted by molar-refractivity contribution is 6.04. The fourth-order valence-corrected chi connectivity index (χ4v) is 3.71. The number of benzene rings is 3. The zero-order valence-electron chi connectivity index (χ0n) is 18.7. The smallest absolute Gasteiger partial charge is 0.273 e. The second-order valence-electron chi connectivity index (χ2n) is 7.95. The molecule has 1 aliphatic heterocycles. The van der Waals surface area contributed by atoms with Gasteiger partial charge in [0, 0.05) is 24.7 Å². The van der Waals surface area contributed by atoms with Crippen LogP contribution in [0.1, 0.15) is 12.0 Å². The number of aryl methyl sites for hydroxylation is 1. The topological polar surface area (TPSA) is 111 Å². The quantitative estimate of drug-likeness (QED) is 0.403. The average Bonchev–Trinajstić information content (AvgIpc) is 3.22. The van der Waals surface area contributed by atoms with E-state index in [-0.39, 0.29) is 36.2 Å². The number of nitrogens with one attached hydrogen (secondary N) is 1. The molecule has 0 radical (unpaired) electrons. The molecule has 3 aromatic carbocycles. The molecule has 0 aromatic heterocycles. The first kappa shape index (κ1) is 22.8. The highest BCUT2D eigenvalue weighted by atomic mass is 16.6. The molecular weight excluding hydrogens is 438 g/mol. The molecular formula is C25H23N3O6. The predicted octanol–water partition coefficient (Wildman–Crippen LogP) is 4.70. The number of hydrogen-bond donors (Lipinski definition) is 1. The number of amides is 2. The molecule has 1 atom stereocenters. The number of rotatable bonds is 7.